The summed E-state index contributed by atoms with van der Waals surface area (Å²) in [4.78, 5) is 35.7. The van der Waals surface area contributed by atoms with E-state index >= 15 is 0 Å². The topological polar surface area (TPSA) is 364 Å². The van der Waals surface area contributed by atoms with Crippen molar-refractivity contribution in [1.82, 2.24) is 25.3 Å². The Morgan fingerprint density at radius 2 is 0.805 bits per heavy atom. The van der Waals surface area contributed by atoms with Gasteiger partial charge in [-0.25, -0.2) is 23.3 Å². The minimum atomic E-state index is -3.73. The standard InChI is InChI=1S/C18H15P.C13H16BrO4P.C13H17O5P.C13H15O5P.C12H24NO2P.C7H6O2.C4H10O2.C3H6N4S.CBr4.CH2O3.B.2K.Na.2H/c1-4-10-16(11-5-1)19(17-12-6-2-7-13-17)18-14-8-3-9-15-18;3*1-3-9-16-19(15,17-10-4-2)18-13-7-5-12(11-14)6-8-13;1-7-9-14-16(15-10-8-2)13(11(3)4)12(5)6;8-5-6-1-3-7(9)4-2-6;1-4(2,3)6-5;1-2-8-3-4-6-7-5-3;2-1(3,4)5;2-1-4-3;;;;;;/h1-15H;3-8H,1-2,9-11H2;3-8,14H,1-2,9-11H2;3-8,11H,1-2,9-10H2;7-8,11-12H,1-2,9-10H2,3-6H3;1-5,9H;5H,1-3H3;2H2,1H3,(H,4,5,6,7);;1,3H;;;;;;/q;;;;;;;;;;;3*+1;2*-1/p-1. The number of aldehydes is 2. The molecule has 0 aliphatic heterocycles. The van der Waals surface area contributed by atoms with Gasteiger partial charge in [-0.1, -0.05) is 198 Å². The van der Waals surface area contributed by atoms with Crippen molar-refractivity contribution in [1.29, 1.82) is 0 Å². The number of phenols is 1. The molecule has 8 rings (SSSR count). The fourth-order valence-electron chi connectivity index (χ4n) is 7.87. The molecule has 0 amide bonds. The number of phosphoric acid groups is 3. The summed E-state index contributed by atoms with van der Waals surface area (Å²) < 4.78 is 96.1. The SMILES string of the molecule is BrC(Br)(Br)Br.C=CCOP(=O)(OCC=C)Oc1ccc(C=O)cc1.C=CCOP(=O)(OCC=C)Oc1ccc(CBr)cc1.C=CCOP(=O)(OCC=C)Oc1ccc(CO)cc1.C=CCOP(OCC=C)N(C(C)C)C(C)C.CC(C)(C)OO.CCSc1nn[nH]n1.O=CO[O-].O=Cc1ccc(O)cc1.[B].[H-].[H-].[K+].[K+].[Na+].c1ccc(P(c2ccccc2)c2ccccc2)cc1. The van der Waals surface area contributed by atoms with Crippen LogP contribution < -0.4 is 167 Å². The number of alkyl halides is 5. The average Bonchev–Trinajstić information content (AvgIpc) is 0.985. The molecular formula is C85H112BBr5K2N5NaO23P5S. The van der Waals surface area contributed by atoms with Gasteiger partial charge in [-0.05, 0) is 231 Å². The van der Waals surface area contributed by atoms with Gasteiger partial charge in [0.2, 0.25) is 5.16 Å². The van der Waals surface area contributed by atoms with E-state index in [1.54, 1.807) is 93.2 Å². The molecule has 0 saturated carbocycles. The first kappa shape index (κ1) is 136. The van der Waals surface area contributed by atoms with Crippen LogP contribution in [0.15, 0.2) is 294 Å². The van der Waals surface area contributed by atoms with Crippen LogP contribution >= 0.6 is 131 Å². The van der Waals surface area contributed by atoms with Crippen LogP contribution in [0.5, 0.6) is 23.0 Å². The number of aliphatic hydroxyl groups is 1. The minimum absolute atomic E-state index is 0. The summed E-state index contributed by atoms with van der Waals surface area (Å²) >= 11 is 17.4. The number of aliphatic hydroxyl groups excluding tert-OH is 1. The molecule has 0 atom stereocenters. The molecule has 8 aromatic rings. The third-order valence-corrected chi connectivity index (χ3v) is 22.7. The predicted molar refractivity (Wildman–Crippen MR) is 522 cm³/mol. The first-order valence-electron chi connectivity index (χ1n) is 36.9. The number of rotatable bonds is 43. The van der Waals surface area contributed by atoms with E-state index in [9.17, 15) is 23.3 Å². The molecule has 0 bridgehead atoms. The van der Waals surface area contributed by atoms with Crippen molar-refractivity contribution >= 4 is 175 Å². The average molecular weight is 2270 g/mol. The summed E-state index contributed by atoms with van der Waals surface area (Å²) in [6.45, 7) is 45.1. The first-order chi connectivity index (χ1) is 59.1. The van der Waals surface area contributed by atoms with E-state index in [1.807, 2.05) is 19.1 Å². The summed E-state index contributed by atoms with van der Waals surface area (Å²) in [6.07, 6.45) is 13.6. The summed E-state index contributed by atoms with van der Waals surface area (Å²) in [5, 5.41) is 52.8. The number of halogens is 5. The zero-order valence-corrected chi connectivity index (χ0v) is 95.2. The molecule has 7 aromatic carbocycles. The van der Waals surface area contributed by atoms with Crippen LogP contribution in [0, 0.1) is 0 Å². The molecule has 0 aliphatic carbocycles. The Bertz CT molecular complexity index is 4110. The second kappa shape index (κ2) is 85.1. The van der Waals surface area contributed by atoms with Crippen LogP contribution in [0.2, 0.25) is 0 Å². The number of benzene rings is 7. The molecule has 3 radical (unpaired) electrons. The van der Waals surface area contributed by atoms with Crippen LogP contribution in [-0.4, -0.2) is 146 Å². The number of tetrazole rings is 1. The van der Waals surface area contributed by atoms with Gasteiger partial charge >= 0.3 is 156 Å². The number of phosphoric ester groups is 3. The number of nitrogens with zero attached hydrogens (tertiary/aromatic N) is 4. The van der Waals surface area contributed by atoms with Gasteiger partial charge in [0.05, 0.1) is 65.1 Å². The number of carbonyl (C=O) groups excluding carboxylic acids is 3. The Balaban J connectivity index is -0.000000218. The molecule has 0 saturated heterocycles. The molecule has 43 heteroatoms. The van der Waals surface area contributed by atoms with Crippen molar-refractivity contribution in [3.63, 3.8) is 0 Å². The summed E-state index contributed by atoms with van der Waals surface area (Å²) in [5.41, 5.74) is 2.47. The van der Waals surface area contributed by atoms with E-state index in [2.05, 4.69) is 286 Å². The Labute approximate surface area is 915 Å². The molecule has 1 heterocycles. The second-order valence-corrected chi connectivity index (χ2v) is 45.8. The molecular weight excluding hydrogens is 2160 g/mol. The fourth-order valence-corrected chi connectivity index (χ4v) is 16.0. The second-order valence-electron chi connectivity index (χ2n) is 24.4. The molecule has 128 heavy (non-hydrogen) atoms. The van der Waals surface area contributed by atoms with Crippen molar-refractivity contribution in [3.8, 4) is 23.0 Å². The third kappa shape index (κ3) is 72.1. The van der Waals surface area contributed by atoms with Crippen molar-refractivity contribution < 1.29 is 244 Å². The summed E-state index contributed by atoms with van der Waals surface area (Å²) in [5.74, 6) is 2.19. The van der Waals surface area contributed by atoms with Crippen molar-refractivity contribution in [2.24, 2.45) is 0 Å². The largest absolute Gasteiger partial charge is 1.00 e. The number of hydrogen-bond acceptors (Lipinski definition) is 28. The Hall–Kier alpha value is -2.34. The van der Waals surface area contributed by atoms with Gasteiger partial charge in [0.1, 0.15) is 35.6 Å². The number of phenolic OH excluding ortho intramolecular Hbond substituents is 1. The first-order valence-corrected chi connectivity index (χ1v) is 49.0. The van der Waals surface area contributed by atoms with Crippen molar-refractivity contribution in [2.75, 3.05) is 58.6 Å². The number of H-pyrrole nitrogens is 1. The quantitative estimate of drug-likeness (QED) is 0.00403. The molecule has 687 valence electrons. The molecule has 28 nitrogen and oxygen atoms in total. The molecule has 1 aromatic heterocycles. The van der Waals surface area contributed by atoms with Crippen LogP contribution in [0.25, 0.3) is 0 Å². The molecule has 0 unspecified atom stereocenters. The molecule has 0 aliphatic rings. The zero-order chi connectivity index (χ0) is 93.5. The zero-order valence-electron chi connectivity index (χ0n) is 75.7. The Kier molecular flexibility index (Phi) is 90.7. The van der Waals surface area contributed by atoms with Crippen molar-refractivity contribution in [3.05, 3.63) is 312 Å². The van der Waals surface area contributed by atoms with Crippen LogP contribution in [0.4, 0.5) is 0 Å². The number of aromatic hydroxyl groups is 1. The van der Waals surface area contributed by atoms with E-state index < -0.39 is 45.5 Å². The molecule has 4 N–H and O–H groups in total. The van der Waals surface area contributed by atoms with Gasteiger partial charge < -0.3 is 45.8 Å². The van der Waals surface area contributed by atoms with Gasteiger partial charge in [0.15, 0.2) is 1.05 Å². The number of aromatic amines is 1. The van der Waals surface area contributed by atoms with E-state index in [-0.39, 0.29) is 209 Å². The normalized spacial score (nSPS) is 10.3. The van der Waals surface area contributed by atoms with E-state index in [4.69, 9.17) is 75.3 Å². The number of carbonyl (C=O) groups is 3. The summed E-state index contributed by atoms with van der Waals surface area (Å²) in [6, 6.07) is 58.8. The van der Waals surface area contributed by atoms with Crippen LogP contribution in [0.3, 0.4) is 0 Å². The van der Waals surface area contributed by atoms with Crippen LogP contribution in [0.1, 0.15) is 90.1 Å². The third-order valence-electron chi connectivity index (χ3n) is 12.8. The molecule has 0 fully saturated rings. The van der Waals surface area contributed by atoms with Crippen molar-refractivity contribution in [2.45, 2.75) is 91.2 Å². The fraction of sp³-hybridized carbons (Fsp3) is 0.271. The number of hydrogen-bond donors (Lipinski definition) is 4. The Morgan fingerprint density at radius 1 is 0.523 bits per heavy atom. The maximum absolute atomic E-state index is 12.3. The van der Waals surface area contributed by atoms with Gasteiger partial charge in [0.25, 0.3) is 15.0 Å². The van der Waals surface area contributed by atoms with Gasteiger partial charge in [0, 0.05) is 37.0 Å². The minimum Gasteiger partial charge on any atom is -1.00 e. The number of aromatic nitrogens is 4. The van der Waals surface area contributed by atoms with Gasteiger partial charge in [-0.15, -0.1) is 62.8 Å². The Morgan fingerprint density at radius 3 is 1.03 bits per heavy atom. The van der Waals surface area contributed by atoms with Gasteiger partial charge in [-0.2, -0.15) is 5.21 Å². The monoisotopic (exact) mass is 2260 g/mol. The van der Waals surface area contributed by atoms with Crippen LogP contribution in [-0.2, 0) is 76.4 Å². The van der Waals surface area contributed by atoms with E-state index in [0.29, 0.717) is 59.4 Å². The number of thioether (sulfide) groups is 1. The maximum atomic E-state index is 12.3. The summed E-state index contributed by atoms with van der Waals surface area (Å²) in [7, 11) is -12.6. The van der Waals surface area contributed by atoms with E-state index in [1.165, 1.54) is 88.8 Å². The van der Waals surface area contributed by atoms with Gasteiger partial charge in [-0.3, -0.25) is 46.8 Å². The predicted octanol–water partition coefficient (Wildman–Crippen LogP) is 13.4. The maximum Gasteiger partial charge on any atom is 1.00 e. The van der Waals surface area contributed by atoms with E-state index in [0.717, 1.165) is 28.5 Å². The molecule has 0 spiro atoms. The smallest absolute Gasteiger partial charge is 1.00 e. The number of nitrogens with one attached hydrogen (secondary N) is 1.